The number of halogens is 1. The molecule has 0 saturated heterocycles. The maximum atomic E-state index is 13.3. The van der Waals surface area contributed by atoms with Gasteiger partial charge in [0.1, 0.15) is 5.82 Å². The van der Waals surface area contributed by atoms with Gasteiger partial charge < -0.3 is 5.32 Å². The highest BCUT2D eigenvalue weighted by Crippen LogP contribution is 2.39. The first kappa shape index (κ1) is 18.1. The Bertz CT molecular complexity index is 1190. The second-order valence-electron chi connectivity index (χ2n) is 6.88. The van der Waals surface area contributed by atoms with Gasteiger partial charge in [0.15, 0.2) is 5.65 Å². The first-order chi connectivity index (χ1) is 13.5. The molecule has 8 heteroatoms. The van der Waals surface area contributed by atoms with Crippen molar-refractivity contribution in [1.82, 2.24) is 19.9 Å². The number of hydrogen-bond acceptors (Lipinski definition) is 4. The van der Waals surface area contributed by atoms with Gasteiger partial charge in [-0.2, -0.15) is 0 Å². The van der Waals surface area contributed by atoms with Gasteiger partial charge in [-0.05, 0) is 43.5 Å². The molecule has 1 aromatic carbocycles. The van der Waals surface area contributed by atoms with Crippen LogP contribution < -0.4 is 16.6 Å². The lowest BCUT2D eigenvalue weighted by Gasteiger charge is -2.12. The molecule has 2 aromatic heterocycles. The Morgan fingerprint density at radius 2 is 2.11 bits per heavy atom. The van der Waals surface area contributed by atoms with Gasteiger partial charge in [0.05, 0.1) is 10.9 Å². The number of aryl methyl sites for hydroxylation is 1. The van der Waals surface area contributed by atoms with Crippen LogP contribution in [0, 0.1) is 5.82 Å². The van der Waals surface area contributed by atoms with Crippen LogP contribution in [0.4, 0.5) is 4.39 Å². The number of hydrogen-bond donors (Lipinski definition) is 2. The SMILES string of the molecule is CCn1c(=O)[nH]c(=O)c2c(C(=O)NCc3cccc(F)c3)cc(C3CC3)nc21. The quantitative estimate of drug-likeness (QED) is 0.706. The number of nitrogens with zero attached hydrogens (tertiary/aromatic N) is 2. The molecule has 2 N–H and O–H groups in total. The van der Waals surface area contributed by atoms with Crippen molar-refractivity contribution in [2.24, 2.45) is 0 Å². The number of benzene rings is 1. The van der Waals surface area contributed by atoms with Gasteiger partial charge >= 0.3 is 5.69 Å². The predicted octanol–water partition coefficient (Wildman–Crippen LogP) is 2.05. The highest BCUT2D eigenvalue weighted by atomic mass is 19.1. The maximum absolute atomic E-state index is 13.3. The zero-order valence-electron chi connectivity index (χ0n) is 15.3. The van der Waals surface area contributed by atoms with Crippen LogP contribution >= 0.6 is 0 Å². The number of rotatable bonds is 5. The van der Waals surface area contributed by atoms with Crippen molar-refractivity contribution in [2.45, 2.75) is 38.8 Å². The Hall–Kier alpha value is -3.29. The molecule has 0 bridgehead atoms. The molecule has 144 valence electrons. The van der Waals surface area contributed by atoms with Gasteiger partial charge in [-0.15, -0.1) is 0 Å². The fourth-order valence-electron chi connectivity index (χ4n) is 3.28. The van der Waals surface area contributed by atoms with E-state index in [-0.39, 0.29) is 34.9 Å². The Balaban J connectivity index is 1.79. The van der Waals surface area contributed by atoms with Gasteiger partial charge in [0, 0.05) is 24.7 Å². The Labute approximate surface area is 159 Å². The number of carbonyl (C=O) groups is 1. The van der Waals surface area contributed by atoms with Gasteiger partial charge in [0.25, 0.3) is 11.5 Å². The summed E-state index contributed by atoms with van der Waals surface area (Å²) >= 11 is 0. The first-order valence-electron chi connectivity index (χ1n) is 9.18. The molecular formula is C20H19FN4O3. The molecule has 7 nitrogen and oxygen atoms in total. The highest BCUT2D eigenvalue weighted by molar-refractivity contribution is 6.05. The molecule has 4 rings (SSSR count). The van der Waals surface area contributed by atoms with Crippen LogP contribution in [0.15, 0.2) is 39.9 Å². The zero-order chi connectivity index (χ0) is 19.8. The van der Waals surface area contributed by atoms with E-state index < -0.39 is 17.2 Å². The largest absolute Gasteiger partial charge is 0.348 e. The number of carbonyl (C=O) groups excluding carboxylic acids is 1. The molecule has 0 radical (unpaired) electrons. The molecule has 1 aliphatic carbocycles. The van der Waals surface area contributed by atoms with Crippen molar-refractivity contribution in [3.05, 3.63) is 73.8 Å². The first-order valence-corrected chi connectivity index (χ1v) is 9.18. The van der Waals surface area contributed by atoms with Crippen LogP contribution in [0.1, 0.15) is 47.3 Å². The van der Waals surface area contributed by atoms with E-state index in [4.69, 9.17) is 0 Å². The Morgan fingerprint density at radius 3 is 2.79 bits per heavy atom. The van der Waals surface area contributed by atoms with E-state index in [9.17, 15) is 18.8 Å². The summed E-state index contributed by atoms with van der Waals surface area (Å²) in [6.07, 6.45) is 1.92. The number of aromatic nitrogens is 3. The average molecular weight is 382 g/mol. The van der Waals surface area contributed by atoms with E-state index in [1.807, 2.05) is 0 Å². The van der Waals surface area contributed by atoms with E-state index in [1.165, 1.54) is 16.7 Å². The number of aromatic amines is 1. The van der Waals surface area contributed by atoms with Crippen molar-refractivity contribution in [1.29, 1.82) is 0 Å². The van der Waals surface area contributed by atoms with Crippen molar-refractivity contribution in [2.75, 3.05) is 0 Å². The summed E-state index contributed by atoms with van der Waals surface area (Å²) in [6.45, 7) is 2.20. The summed E-state index contributed by atoms with van der Waals surface area (Å²) in [4.78, 5) is 44.3. The minimum absolute atomic E-state index is 0.0857. The van der Waals surface area contributed by atoms with Crippen LogP contribution in [0.25, 0.3) is 11.0 Å². The molecule has 2 heterocycles. The fraction of sp³-hybridized carbons (Fsp3) is 0.300. The topological polar surface area (TPSA) is 96.9 Å². The lowest BCUT2D eigenvalue weighted by molar-refractivity contribution is 0.0952. The van der Waals surface area contributed by atoms with Crippen molar-refractivity contribution in [3.8, 4) is 0 Å². The van der Waals surface area contributed by atoms with Crippen LogP contribution in [-0.2, 0) is 13.1 Å². The lowest BCUT2D eigenvalue weighted by Crippen LogP contribution is -2.33. The highest BCUT2D eigenvalue weighted by Gasteiger charge is 2.28. The molecule has 28 heavy (non-hydrogen) atoms. The molecule has 1 amide bonds. The van der Waals surface area contributed by atoms with E-state index in [0.717, 1.165) is 12.8 Å². The maximum Gasteiger partial charge on any atom is 0.329 e. The lowest BCUT2D eigenvalue weighted by atomic mass is 10.1. The standard InChI is InChI=1S/C20H19FN4O3/c1-2-25-17-16(19(27)24-20(25)28)14(9-15(23-17)12-6-7-12)18(26)22-10-11-4-3-5-13(21)8-11/h3-5,8-9,12H,2,6-7,10H2,1H3,(H,22,26)(H,24,27,28). The van der Waals surface area contributed by atoms with Crippen LogP contribution in [0.2, 0.25) is 0 Å². The Morgan fingerprint density at radius 1 is 1.32 bits per heavy atom. The molecule has 1 saturated carbocycles. The predicted molar refractivity (Wildman–Crippen MR) is 102 cm³/mol. The van der Waals surface area contributed by atoms with Gasteiger partial charge in [-0.25, -0.2) is 14.2 Å². The van der Waals surface area contributed by atoms with Crippen molar-refractivity contribution >= 4 is 16.9 Å². The van der Waals surface area contributed by atoms with Crippen LogP contribution in [-0.4, -0.2) is 20.4 Å². The Kier molecular flexibility index (Phi) is 4.54. The minimum atomic E-state index is -0.643. The minimum Gasteiger partial charge on any atom is -0.348 e. The number of nitrogens with one attached hydrogen (secondary N) is 2. The summed E-state index contributed by atoms with van der Waals surface area (Å²) in [5, 5.41) is 2.81. The summed E-state index contributed by atoms with van der Waals surface area (Å²) < 4.78 is 14.7. The number of pyridine rings is 1. The van der Waals surface area contributed by atoms with E-state index in [1.54, 1.807) is 25.1 Å². The number of fused-ring (bicyclic) bond motifs is 1. The number of H-pyrrole nitrogens is 1. The van der Waals surface area contributed by atoms with Gasteiger partial charge in [0.2, 0.25) is 0 Å². The summed E-state index contributed by atoms with van der Waals surface area (Å²) in [6, 6.07) is 7.55. The molecule has 3 aromatic rings. The summed E-state index contributed by atoms with van der Waals surface area (Å²) in [5.74, 6) is -0.621. The molecule has 0 spiro atoms. The van der Waals surface area contributed by atoms with Gasteiger partial charge in [-0.1, -0.05) is 12.1 Å². The monoisotopic (exact) mass is 382 g/mol. The van der Waals surface area contributed by atoms with Crippen molar-refractivity contribution in [3.63, 3.8) is 0 Å². The molecular weight excluding hydrogens is 363 g/mol. The number of amides is 1. The van der Waals surface area contributed by atoms with Crippen molar-refractivity contribution < 1.29 is 9.18 Å². The molecule has 1 fully saturated rings. The normalized spacial score (nSPS) is 13.6. The van der Waals surface area contributed by atoms with E-state index in [2.05, 4.69) is 15.3 Å². The average Bonchev–Trinajstić information content (AvgIpc) is 3.51. The summed E-state index contributed by atoms with van der Waals surface area (Å²) in [5.41, 5.74) is 0.509. The smallest absolute Gasteiger partial charge is 0.329 e. The molecule has 0 aliphatic heterocycles. The van der Waals surface area contributed by atoms with Crippen LogP contribution in [0.5, 0.6) is 0 Å². The molecule has 0 atom stereocenters. The zero-order valence-corrected chi connectivity index (χ0v) is 15.3. The van der Waals surface area contributed by atoms with Gasteiger partial charge in [-0.3, -0.25) is 19.1 Å². The van der Waals surface area contributed by atoms with Crippen LogP contribution in [0.3, 0.4) is 0 Å². The van der Waals surface area contributed by atoms with E-state index >= 15 is 0 Å². The third-order valence-corrected chi connectivity index (χ3v) is 4.87. The molecule has 0 unspecified atom stereocenters. The second kappa shape index (κ2) is 7.03. The summed E-state index contributed by atoms with van der Waals surface area (Å²) in [7, 11) is 0. The van der Waals surface area contributed by atoms with E-state index in [0.29, 0.717) is 17.8 Å². The fourth-order valence-corrected chi connectivity index (χ4v) is 3.28. The third kappa shape index (κ3) is 3.33. The second-order valence-corrected chi connectivity index (χ2v) is 6.88. The third-order valence-electron chi connectivity index (χ3n) is 4.87. The molecule has 1 aliphatic rings.